The molecule has 5 heteroatoms. The van der Waals surface area contributed by atoms with Crippen LogP contribution < -0.4 is 5.73 Å². The van der Waals surface area contributed by atoms with Gasteiger partial charge in [0.1, 0.15) is 5.84 Å². The van der Waals surface area contributed by atoms with Gasteiger partial charge in [0.05, 0.1) is 21.5 Å². The number of halogens is 1. The van der Waals surface area contributed by atoms with E-state index in [1.54, 1.807) is 4.68 Å². The summed E-state index contributed by atoms with van der Waals surface area (Å²) in [6.07, 6.45) is 0. The van der Waals surface area contributed by atoms with Crippen LogP contribution in [0.15, 0.2) is 28.7 Å². The van der Waals surface area contributed by atoms with Crippen molar-refractivity contribution in [1.82, 2.24) is 9.78 Å². The molecule has 88 valence electrons. The number of para-hydroxylation sites is 1. The van der Waals surface area contributed by atoms with Gasteiger partial charge >= 0.3 is 0 Å². The van der Waals surface area contributed by atoms with Gasteiger partial charge in [-0.1, -0.05) is 12.1 Å². The summed E-state index contributed by atoms with van der Waals surface area (Å²) in [6.45, 7) is 3.91. The number of hydrogen-bond acceptors (Lipinski definition) is 2. The lowest BCUT2D eigenvalue weighted by Crippen LogP contribution is -2.15. The Morgan fingerprint density at radius 3 is 2.53 bits per heavy atom. The molecule has 0 atom stereocenters. The summed E-state index contributed by atoms with van der Waals surface area (Å²) in [5.74, 6) is 0.0456. The highest BCUT2D eigenvalue weighted by Crippen LogP contribution is 2.24. The molecule has 0 fully saturated rings. The van der Waals surface area contributed by atoms with Crippen LogP contribution in [-0.2, 0) is 0 Å². The Morgan fingerprint density at radius 1 is 1.35 bits per heavy atom. The lowest BCUT2D eigenvalue weighted by Gasteiger charge is -2.09. The number of nitrogen functional groups attached to an aromatic ring is 1. The van der Waals surface area contributed by atoms with E-state index in [0.717, 1.165) is 21.5 Å². The zero-order chi connectivity index (χ0) is 12.6. The van der Waals surface area contributed by atoms with Gasteiger partial charge in [0.2, 0.25) is 0 Å². The number of aryl methyl sites for hydroxylation is 1. The van der Waals surface area contributed by atoms with Crippen LogP contribution in [0.4, 0.5) is 0 Å². The Kier molecular flexibility index (Phi) is 3.02. The lowest BCUT2D eigenvalue weighted by atomic mass is 10.1. The molecule has 17 heavy (non-hydrogen) atoms. The fourth-order valence-electron chi connectivity index (χ4n) is 1.74. The maximum atomic E-state index is 7.58. The van der Waals surface area contributed by atoms with Crippen LogP contribution in [0.25, 0.3) is 5.69 Å². The Labute approximate surface area is 108 Å². The number of nitrogens with one attached hydrogen (secondary N) is 1. The van der Waals surface area contributed by atoms with Crippen molar-refractivity contribution in [1.29, 1.82) is 5.41 Å². The highest BCUT2D eigenvalue weighted by molar-refractivity contribution is 9.10. The van der Waals surface area contributed by atoms with Gasteiger partial charge in [0.25, 0.3) is 0 Å². The number of rotatable bonds is 2. The molecule has 0 saturated heterocycles. The second-order valence-electron chi connectivity index (χ2n) is 3.83. The number of amidine groups is 1. The van der Waals surface area contributed by atoms with Crippen molar-refractivity contribution in [3.8, 4) is 5.69 Å². The van der Waals surface area contributed by atoms with Crippen LogP contribution in [0, 0.1) is 19.3 Å². The SMILES string of the molecule is Cc1nn(-c2ccccc2C(=N)N)c(C)c1Br. The van der Waals surface area contributed by atoms with E-state index in [1.807, 2.05) is 38.1 Å². The molecule has 0 aliphatic heterocycles. The third-order valence-electron chi connectivity index (χ3n) is 2.63. The van der Waals surface area contributed by atoms with Crippen molar-refractivity contribution in [3.63, 3.8) is 0 Å². The molecule has 0 aliphatic carbocycles. The highest BCUT2D eigenvalue weighted by atomic mass is 79.9. The van der Waals surface area contributed by atoms with Crippen molar-refractivity contribution in [2.45, 2.75) is 13.8 Å². The Hall–Kier alpha value is -1.62. The minimum absolute atomic E-state index is 0.0456. The normalized spacial score (nSPS) is 10.5. The molecule has 0 unspecified atom stereocenters. The molecule has 0 bridgehead atoms. The van der Waals surface area contributed by atoms with Crippen molar-refractivity contribution in [2.75, 3.05) is 0 Å². The molecule has 2 rings (SSSR count). The molecule has 0 radical (unpaired) electrons. The predicted octanol–water partition coefficient (Wildman–Crippen LogP) is 2.54. The number of hydrogen-bond donors (Lipinski definition) is 2. The molecular formula is C12H13BrN4. The van der Waals surface area contributed by atoms with E-state index in [9.17, 15) is 0 Å². The third-order valence-corrected chi connectivity index (χ3v) is 3.77. The van der Waals surface area contributed by atoms with E-state index in [0.29, 0.717) is 5.56 Å². The molecule has 0 saturated carbocycles. The summed E-state index contributed by atoms with van der Waals surface area (Å²) in [4.78, 5) is 0. The standard InChI is InChI=1S/C12H13BrN4/c1-7-11(13)8(2)17(16-7)10-6-4-3-5-9(10)12(14)15/h3-6H,1-2H3,(H3,14,15). The van der Waals surface area contributed by atoms with Crippen LogP contribution in [0.5, 0.6) is 0 Å². The predicted molar refractivity (Wildman–Crippen MR) is 71.8 cm³/mol. The minimum Gasteiger partial charge on any atom is -0.384 e. The molecule has 4 nitrogen and oxygen atoms in total. The van der Waals surface area contributed by atoms with E-state index in [-0.39, 0.29) is 5.84 Å². The molecule has 0 aliphatic rings. The monoisotopic (exact) mass is 292 g/mol. The van der Waals surface area contributed by atoms with E-state index in [1.165, 1.54) is 0 Å². The van der Waals surface area contributed by atoms with Crippen LogP contribution >= 0.6 is 15.9 Å². The zero-order valence-electron chi connectivity index (χ0n) is 9.66. The number of aromatic nitrogens is 2. The highest BCUT2D eigenvalue weighted by Gasteiger charge is 2.13. The van der Waals surface area contributed by atoms with Gasteiger partial charge in [-0.3, -0.25) is 5.41 Å². The van der Waals surface area contributed by atoms with Crippen LogP contribution in [0.3, 0.4) is 0 Å². The van der Waals surface area contributed by atoms with Crippen LogP contribution in [0.2, 0.25) is 0 Å². The first-order valence-corrected chi connectivity index (χ1v) is 5.97. The van der Waals surface area contributed by atoms with E-state index >= 15 is 0 Å². The van der Waals surface area contributed by atoms with Gasteiger partial charge < -0.3 is 5.73 Å². The van der Waals surface area contributed by atoms with Gasteiger partial charge in [-0.2, -0.15) is 5.10 Å². The van der Waals surface area contributed by atoms with Gasteiger partial charge in [-0.25, -0.2) is 4.68 Å². The average molecular weight is 293 g/mol. The summed E-state index contributed by atoms with van der Waals surface area (Å²) >= 11 is 3.49. The molecule has 3 N–H and O–H groups in total. The molecule has 1 heterocycles. The maximum absolute atomic E-state index is 7.58. The van der Waals surface area contributed by atoms with E-state index in [4.69, 9.17) is 11.1 Å². The zero-order valence-corrected chi connectivity index (χ0v) is 11.2. The summed E-state index contributed by atoms with van der Waals surface area (Å²) in [7, 11) is 0. The minimum atomic E-state index is 0.0456. The van der Waals surface area contributed by atoms with E-state index in [2.05, 4.69) is 21.0 Å². The van der Waals surface area contributed by atoms with Crippen LogP contribution in [-0.4, -0.2) is 15.6 Å². The fraction of sp³-hybridized carbons (Fsp3) is 0.167. The lowest BCUT2D eigenvalue weighted by molar-refractivity contribution is 0.831. The quantitative estimate of drug-likeness (QED) is 0.660. The van der Waals surface area contributed by atoms with E-state index < -0.39 is 0 Å². The summed E-state index contributed by atoms with van der Waals surface area (Å²) < 4.78 is 2.78. The van der Waals surface area contributed by atoms with Gasteiger partial charge in [-0.15, -0.1) is 0 Å². The first-order valence-electron chi connectivity index (χ1n) is 5.18. The first kappa shape index (κ1) is 11.9. The number of nitrogens with zero attached hydrogens (tertiary/aromatic N) is 2. The van der Waals surface area contributed by atoms with Crippen LogP contribution in [0.1, 0.15) is 17.0 Å². The van der Waals surface area contributed by atoms with Crippen molar-refractivity contribution in [3.05, 3.63) is 45.7 Å². The molecule has 2 aromatic rings. The van der Waals surface area contributed by atoms with Gasteiger partial charge in [0, 0.05) is 5.56 Å². The topological polar surface area (TPSA) is 67.7 Å². The van der Waals surface area contributed by atoms with Gasteiger partial charge in [0.15, 0.2) is 0 Å². The molecule has 1 aromatic carbocycles. The Bertz CT molecular complexity index is 586. The van der Waals surface area contributed by atoms with Crippen molar-refractivity contribution in [2.24, 2.45) is 5.73 Å². The molecule has 0 amide bonds. The summed E-state index contributed by atoms with van der Waals surface area (Å²) in [5.41, 5.74) is 9.00. The van der Waals surface area contributed by atoms with Crippen molar-refractivity contribution < 1.29 is 0 Å². The second-order valence-corrected chi connectivity index (χ2v) is 4.62. The van der Waals surface area contributed by atoms with Crippen molar-refractivity contribution >= 4 is 21.8 Å². The molecule has 0 spiro atoms. The Balaban J connectivity index is 2.68. The molecular weight excluding hydrogens is 280 g/mol. The smallest absolute Gasteiger partial charge is 0.124 e. The second kappa shape index (κ2) is 4.33. The van der Waals surface area contributed by atoms with Gasteiger partial charge in [-0.05, 0) is 41.9 Å². The largest absolute Gasteiger partial charge is 0.384 e. The third kappa shape index (κ3) is 1.98. The number of benzene rings is 1. The first-order chi connectivity index (χ1) is 8.02. The Morgan fingerprint density at radius 2 is 2.00 bits per heavy atom. The molecule has 1 aromatic heterocycles. The summed E-state index contributed by atoms with van der Waals surface area (Å²) in [5, 5.41) is 12.0. The fourth-order valence-corrected chi connectivity index (χ4v) is 1.99. The maximum Gasteiger partial charge on any atom is 0.124 e. The summed E-state index contributed by atoms with van der Waals surface area (Å²) in [6, 6.07) is 7.50. The number of nitrogens with two attached hydrogens (primary N) is 1. The average Bonchev–Trinajstić information content (AvgIpc) is 2.57.